The van der Waals surface area contributed by atoms with Gasteiger partial charge in [0.2, 0.25) is 0 Å². The molecule has 96 valence electrons. The zero-order chi connectivity index (χ0) is 12.3. The van der Waals surface area contributed by atoms with Gasteiger partial charge in [-0.2, -0.15) is 5.10 Å². The summed E-state index contributed by atoms with van der Waals surface area (Å²) in [5.41, 5.74) is 0. The molecule has 5 heteroatoms. The average molecular weight is 239 g/mol. The maximum atomic E-state index is 5.86. The molecular weight excluding hydrogens is 218 g/mol. The second-order valence-corrected chi connectivity index (χ2v) is 4.43. The van der Waals surface area contributed by atoms with E-state index in [0.717, 1.165) is 25.1 Å². The minimum atomic E-state index is 0.134. The van der Waals surface area contributed by atoms with Crippen LogP contribution in [0.1, 0.15) is 19.8 Å². The van der Waals surface area contributed by atoms with Crippen molar-refractivity contribution >= 4 is 0 Å². The Morgan fingerprint density at radius 1 is 1.59 bits per heavy atom. The van der Waals surface area contributed by atoms with Gasteiger partial charge in [-0.25, -0.2) is 0 Å². The summed E-state index contributed by atoms with van der Waals surface area (Å²) in [4.78, 5) is 0. The maximum absolute atomic E-state index is 5.86. The van der Waals surface area contributed by atoms with Crippen molar-refractivity contribution < 1.29 is 9.47 Å². The van der Waals surface area contributed by atoms with Crippen LogP contribution < -0.4 is 10.1 Å². The van der Waals surface area contributed by atoms with Crippen molar-refractivity contribution in [3.05, 3.63) is 12.4 Å². The first-order chi connectivity index (χ1) is 8.28. The smallest absolute Gasteiger partial charge is 0.157 e. The monoisotopic (exact) mass is 239 g/mol. The Bertz CT molecular complexity index is 353. The molecule has 0 amide bonds. The van der Waals surface area contributed by atoms with Crippen LogP contribution in [0, 0.1) is 0 Å². The molecule has 2 rings (SSSR count). The Labute approximate surface area is 102 Å². The van der Waals surface area contributed by atoms with E-state index in [-0.39, 0.29) is 12.2 Å². The molecule has 1 saturated carbocycles. The molecule has 0 aliphatic heterocycles. The second-order valence-electron chi connectivity index (χ2n) is 4.43. The van der Waals surface area contributed by atoms with Crippen LogP contribution in [-0.2, 0) is 11.3 Å². The van der Waals surface area contributed by atoms with Crippen LogP contribution >= 0.6 is 0 Å². The normalized spacial score (nSPS) is 27.8. The molecule has 1 aliphatic carbocycles. The van der Waals surface area contributed by atoms with Crippen LogP contribution in [0.3, 0.4) is 0 Å². The van der Waals surface area contributed by atoms with Gasteiger partial charge in [0.15, 0.2) is 5.75 Å². The van der Waals surface area contributed by atoms with Gasteiger partial charge in [0.1, 0.15) is 12.2 Å². The molecule has 1 aromatic heterocycles. The van der Waals surface area contributed by atoms with Crippen molar-refractivity contribution in [3.8, 4) is 5.75 Å². The van der Waals surface area contributed by atoms with Crippen molar-refractivity contribution in [1.82, 2.24) is 15.1 Å². The summed E-state index contributed by atoms with van der Waals surface area (Å²) >= 11 is 0. The van der Waals surface area contributed by atoms with Crippen LogP contribution in [0.2, 0.25) is 0 Å². The lowest BCUT2D eigenvalue weighted by Gasteiger charge is -2.42. The minimum Gasteiger partial charge on any atom is -0.484 e. The van der Waals surface area contributed by atoms with Crippen molar-refractivity contribution in [3.63, 3.8) is 0 Å². The molecule has 0 radical (unpaired) electrons. The third kappa shape index (κ3) is 2.61. The summed E-state index contributed by atoms with van der Waals surface area (Å²) < 4.78 is 13.2. The van der Waals surface area contributed by atoms with E-state index in [2.05, 4.69) is 17.3 Å². The highest BCUT2D eigenvalue weighted by Gasteiger charge is 2.42. The molecule has 1 heterocycles. The van der Waals surface area contributed by atoms with E-state index in [1.807, 2.05) is 17.9 Å². The zero-order valence-electron chi connectivity index (χ0n) is 10.7. The third-order valence-corrected chi connectivity index (χ3v) is 3.24. The first-order valence-electron chi connectivity index (χ1n) is 6.17. The summed E-state index contributed by atoms with van der Waals surface area (Å²) in [6, 6.07) is 0.399. The van der Waals surface area contributed by atoms with Gasteiger partial charge in [-0.15, -0.1) is 0 Å². The van der Waals surface area contributed by atoms with E-state index in [0.29, 0.717) is 6.04 Å². The molecular formula is C12H21N3O2. The Kier molecular flexibility index (Phi) is 4.02. The van der Waals surface area contributed by atoms with Crippen molar-refractivity contribution in [2.45, 2.75) is 44.6 Å². The molecule has 0 bridgehead atoms. The quantitative estimate of drug-likeness (QED) is 0.806. The fraction of sp³-hybridized carbons (Fsp3) is 0.750. The Morgan fingerprint density at radius 2 is 2.41 bits per heavy atom. The SMILES string of the molecule is CCCn1cc(OC2CC(NC)C2OC)cn1. The predicted octanol–water partition coefficient (Wildman–Crippen LogP) is 1.05. The second kappa shape index (κ2) is 5.51. The number of likely N-dealkylation sites (N-methyl/N-ethyl adjacent to an activating group) is 1. The predicted molar refractivity (Wildman–Crippen MR) is 65.2 cm³/mol. The Hall–Kier alpha value is -1.07. The van der Waals surface area contributed by atoms with Crippen molar-refractivity contribution in [2.75, 3.05) is 14.2 Å². The largest absolute Gasteiger partial charge is 0.484 e. The summed E-state index contributed by atoms with van der Waals surface area (Å²) in [6.45, 7) is 3.06. The van der Waals surface area contributed by atoms with E-state index < -0.39 is 0 Å². The number of ether oxygens (including phenoxy) is 2. The highest BCUT2D eigenvalue weighted by molar-refractivity contribution is 5.14. The zero-order valence-corrected chi connectivity index (χ0v) is 10.7. The third-order valence-electron chi connectivity index (χ3n) is 3.24. The number of aromatic nitrogens is 2. The number of rotatable bonds is 6. The lowest BCUT2D eigenvalue weighted by molar-refractivity contribution is -0.0869. The number of hydrogen-bond donors (Lipinski definition) is 1. The van der Waals surface area contributed by atoms with Crippen molar-refractivity contribution in [2.24, 2.45) is 0 Å². The van der Waals surface area contributed by atoms with E-state index in [4.69, 9.17) is 9.47 Å². The topological polar surface area (TPSA) is 48.3 Å². The number of hydrogen-bond acceptors (Lipinski definition) is 4. The molecule has 5 nitrogen and oxygen atoms in total. The number of nitrogens with one attached hydrogen (secondary N) is 1. The maximum Gasteiger partial charge on any atom is 0.157 e. The van der Waals surface area contributed by atoms with Gasteiger partial charge in [0, 0.05) is 26.1 Å². The molecule has 1 N–H and O–H groups in total. The van der Waals surface area contributed by atoms with Crippen LogP contribution in [-0.4, -0.2) is 42.2 Å². The highest BCUT2D eigenvalue weighted by Crippen LogP contribution is 2.28. The standard InChI is InChI=1S/C12H21N3O2/c1-4-5-15-8-9(7-14-15)17-11-6-10(13-2)12(11)16-3/h7-8,10-13H,4-6H2,1-3H3. The summed E-state index contributed by atoms with van der Waals surface area (Å²) in [5, 5.41) is 7.46. The first-order valence-corrected chi connectivity index (χ1v) is 6.17. The molecule has 0 spiro atoms. The summed E-state index contributed by atoms with van der Waals surface area (Å²) in [6.07, 6.45) is 6.05. The molecule has 1 aliphatic rings. The van der Waals surface area contributed by atoms with Gasteiger partial charge < -0.3 is 14.8 Å². The lowest BCUT2D eigenvalue weighted by Crippen LogP contribution is -2.60. The van der Waals surface area contributed by atoms with Crippen LogP contribution in [0.25, 0.3) is 0 Å². The van der Waals surface area contributed by atoms with E-state index in [1.54, 1.807) is 13.3 Å². The minimum absolute atomic E-state index is 0.134. The molecule has 1 aromatic rings. The van der Waals surface area contributed by atoms with Gasteiger partial charge >= 0.3 is 0 Å². The van der Waals surface area contributed by atoms with E-state index in [1.165, 1.54) is 0 Å². The van der Waals surface area contributed by atoms with Crippen molar-refractivity contribution in [1.29, 1.82) is 0 Å². The fourth-order valence-electron chi connectivity index (χ4n) is 2.23. The van der Waals surface area contributed by atoms with Crippen LogP contribution in [0.15, 0.2) is 12.4 Å². The molecule has 3 atom stereocenters. The van der Waals surface area contributed by atoms with Gasteiger partial charge in [-0.1, -0.05) is 6.92 Å². The van der Waals surface area contributed by atoms with Gasteiger partial charge in [0.25, 0.3) is 0 Å². The summed E-state index contributed by atoms with van der Waals surface area (Å²) in [5.74, 6) is 0.833. The van der Waals surface area contributed by atoms with Gasteiger partial charge in [-0.3, -0.25) is 4.68 Å². The molecule has 0 aromatic carbocycles. The van der Waals surface area contributed by atoms with E-state index >= 15 is 0 Å². The summed E-state index contributed by atoms with van der Waals surface area (Å²) in [7, 11) is 3.68. The molecule has 3 unspecified atom stereocenters. The van der Waals surface area contributed by atoms with Crippen LogP contribution in [0.5, 0.6) is 5.75 Å². The fourth-order valence-corrected chi connectivity index (χ4v) is 2.23. The number of methoxy groups -OCH3 is 1. The van der Waals surface area contributed by atoms with Gasteiger partial charge in [-0.05, 0) is 13.5 Å². The van der Waals surface area contributed by atoms with E-state index in [9.17, 15) is 0 Å². The molecule has 0 saturated heterocycles. The average Bonchev–Trinajstić information content (AvgIpc) is 2.72. The number of aryl methyl sites for hydroxylation is 1. The Morgan fingerprint density at radius 3 is 3.06 bits per heavy atom. The highest BCUT2D eigenvalue weighted by atomic mass is 16.5. The Balaban J connectivity index is 1.88. The molecule has 1 fully saturated rings. The first kappa shape index (κ1) is 12.4. The lowest BCUT2D eigenvalue weighted by atomic mass is 9.85. The van der Waals surface area contributed by atoms with Gasteiger partial charge in [0.05, 0.1) is 12.4 Å². The number of nitrogens with zero attached hydrogens (tertiary/aromatic N) is 2. The molecule has 17 heavy (non-hydrogen) atoms. The van der Waals surface area contributed by atoms with Crippen LogP contribution in [0.4, 0.5) is 0 Å².